The Morgan fingerprint density at radius 1 is 1.33 bits per heavy atom. The molecule has 0 aliphatic carbocycles. The molecule has 3 rings (SSSR count). The molecule has 2 aromatic heterocycles. The van der Waals surface area contributed by atoms with Gasteiger partial charge in [0.2, 0.25) is 0 Å². The van der Waals surface area contributed by atoms with Gasteiger partial charge < -0.3 is 10.3 Å². The topological polar surface area (TPSA) is 80.5 Å². The highest BCUT2D eigenvalue weighted by molar-refractivity contribution is 5.87. The van der Waals surface area contributed by atoms with Gasteiger partial charge in [-0.1, -0.05) is 12.1 Å². The van der Waals surface area contributed by atoms with Crippen molar-refractivity contribution >= 4 is 22.9 Å². The fraction of sp³-hybridized carbons (Fsp3) is 0.0625. The summed E-state index contributed by atoms with van der Waals surface area (Å²) in [5, 5.41) is 9.69. The molecule has 0 spiro atoms. The largest absolute Gasteiger partial charge is 0.383 e. The van der Waals surface area contributed by atoms with Gasteiger partial charge in [-0.3, -0.25) is 0 Å². The van der Waals surface area contributed by atoms with Crippen LogP contribution in [0.4, 0.5) is 5.82 Å². The van der Waals surface area contributed by atoms with Crippen LogP contribution < -0.4 is 5.73 Å². The van der Waals surface area contributed by atoms with E-state index in [1.54, 1.807) is 6.92 Å². The van der Waals surface area contributed by atoms with E-state index in [-0.39, 0.29) is 0 Å². The van der Waals surface area contributed by atoms with Crippen LogP contribution in [-0.4, -0.2) is 14.5 Å². The highest BCUT2D eigenvalue weighted by Gasteiger charge is 2.07. The second kappa shape index (κ2) is 5.10. The maximum atomic E-state index is 8.87. The fourth-order valence-electron chi connectivity index (χ4n) is 2.23. The van der Waals surface area contributed by atoms with Gasteiger partial charge in [-0.05, 0) is 36.8 Å². The Kier molecular flexibility index (Phi) is 3.13. The van der Waals surface area contributed by atoms with Gasteiger partial charge >= 0.3 is 0 Å². The summed E-state index contributed by atoms with van der Waals surface area (Å²) in [4.78, 5) is 8.28. The Hall–Kier alpha value is -3.13. The zero-order valence-electron chi connectivity index (χ0n) is 11.5. The van der Waals surface area contributed by atoms with Crippen LogP contribution in [0.1, 0.15) is 12.5 Å². The number of nitrogens with two attached hydrogens (primary N) is 1. The molecule has 21 heavy (non-hydrogen) atoms. The number of anilines is 1. The molecule has 5 nitrogen and oxygen atoms in total. The molecule has 0 unspecified atom stereocenters. The first-order chi connectivity index (χ1) is 10.2. The third kappa shape index (κ3) is 2.35. The van der Waals surface area contributed by atoms with Crippen molar-refractivity contribution < 1.29 is 0 Å². The second-order valence-corrected chi connectivity index (χ2v) is 4.72. The van der Waals surface area contributed by atoms with Crippen LogP contribution in [0.3, 0.4) is 0 Å². The molecular formula is C16H13N5. The second-order valence-electron chi connectivity index (χ2n) is 4.72. The van der Waals surface area contributed by atoms with Crippen LogP contribution in [0.2, 0.25) is 0 Å². The van der Waals surface area contributed by atoms with Gasteiger partial charge in [0.05, 0.1) is 11.5 Å². The smallest absolute Gasteiger partial charge is 0.150 e. The number of nitrogens with zero attached hydrogens (tertiary/aromatic N) is 4. The number of hydrogen-bond donors (Lipinski definition) is 1. The van der Waals surface area contributed by atoms with E-state index in [1.807, 2.05) is 47.2 Å². The summed E-state index contributed by atoms with van der Waals surface area (Å²) in [6, 6.07) is 11.9. The number of allylic oxidation sites excluding steroid dienone is 1. The molecule has 2 heterocycles. The van der Waals surface area contributed by atoms with E-state index >= 15 is 0 Å². The molecule has 0 saturated heterocycles. The van der Waals surface area contributed by atoms with Crippen molar-refractivity contribution in [2.45, 2.75) is 6.92 Å². The van der Waals surface area contributed by atoms with Crippen molar-refractivity contribution in [2.75, 3.05) is 5.73 Å². The molecular weight excluding hydrogens is 262 g/mol. The molecule has 0 atom stereocenters. The fourth-order valence-corrected chi connectivity index (χ4v) is 2.23. The number of benzene rings is 1. The zero-order valence-corrected chi connectivity index (χ0v) is 11.5. The average molecular weight is 275 g/mol. The molecule has 0 radical (unpaired) electrons. The number of nitriles is 1. The first-order valence-electron chi connectivity index (χ1n) is 6.45. The van der Waals surface area contributed by atoms with Gasteiger partial charge in [-0.2, -0.15) is 5.26 Å². The third-order valence-corrected chi connectivity index (χ3v) is 3.22. The van der Waals surface area contributed by atoms with E-state index in [0.29, 0.717) is 11.4 Å². The zero-order chi connectivity index (χ0) is 14.8. The van der Waals surface area contributed by atoms with Gasteiger partial charge in [0.1, 0.15) is 17.8 Å². The molecule has 0 aliphatic rings. The molecule has 0 fully saturated rings. The van der Waals surface area contributed by atoms with E-state index in [1.165, 1.54) is 6.33 Å². The lowest BCUT2D eigenvalue weighted by molar-refractivity contribution is 1.08. The van der Waals surface area contributed by atoms with Gasteiger partial charge in [0, 0.05) is 17.5 Å². The van der Waals surface area contributed by atoms with E-state index in [9.17, 15) is 0 Å². The predicted molar refractivity (Wildman–Crippen MR) is 82.5 cm³/mol. The van der Waals surface area contributed by atoms with Crippen LogP contribution in [-0.2, 0) is 0 Å². The number of aromatic nitrogens is 3. The van der Waals surface area contributed by atoms with Gasteiger partial charge in [-0.25, -0.2) is 9.97 Å². The average Bonchev–Trinajstić information content (AvgIpc) is 2.93. The van der Waals surface area contributed by atoms with Crippen molar-refractivity contribution in [3.05, 3.63) is 54.0 Å². The van der Waals surface area contributed by atoms with Crippen molar-refractivity contribution in [1.82, 2.24) is 14.5 Å². The van der Waals surface area contributed by atoms with Gasteiger partial charge in [0.25, 0.3) is 0 Å². The summed E-state index contributed by atoms with van der Waals surface area (Å²) in [6.07, 6.45) is 5.21. The quantitative estimate of drug-likeness (QED) is 0.729. The summed E-state index contributed by atoms with van der Waals surface area (Å²) in [5.41, 5.74) is 9.21. The lowest BCUT2D eigenvalue weighted by Gasteiger charge is -2.06. The summed E-state index contributed by atoms with van der Waals surface area (Å²) in [6.45, 7) is 1.78. The first kappa shape index (κ1) is 12.9. The van der Waals surface area contributed by atoms with Crippen molar-refractivity contribution in [2.24, 2.45) is 0 Å². The number of rotatable bonds is 2. The summed E-state index contributed by atoms with van der Waals surface area (Å²) >= 11 is 0. The standard InChI is InChI=1S/C16H13N5/c1-11(9-17)7-12-3-2-4-13(8-12)21-6-5-14-15(18)19-10-20-16(14)21/h2-8,10H,1H3,(H2,18,19,20)/b11-7-. The Labute approximate surface area is 122 Å². The van der Waals surface area contributed by atoms with Crippen molar-refractivity contribution in [3.8, 4) is 11.8 Å². The molecule has 2 N–H and O–H groups in total. The van der Waals surface area contributed by atoms with Crippen LogP contribution in [0.5, 0.6) is 0 Å². The Morgan fingerprint density at radius 2 is 2.19 bits per heavy atom. The summed E-state index contributed by atoms with van der Waals surface area (Å²) in [5.74, 6) is 0.468. The minimum atomic E-state index is 0.468. The lowest BCUT2D eigenvalue weighted by atomic mass is 10.1. The monoisotopic (exact) mass is 275 g/mol. The molecule has 0 bridgehead atoms. The molecule has 0 aliphatic heterocycles. The van der Waals surface area contributed by atoms with Crippen LogP contribution in [0, 0.1) is 11.3 Å². The number of hydrogen-bond acceptors (Lipinski definition) is 4. The third-order valence-electron chi connectivity index (χ3n) is 3.22. The van der Waals surface area contributed by atoms with Gasteiger partial charge in [-0.15, -0.1) is 0 Å². The number of fused-ring (bicyclic) bond motifs is 1. The number of nitrogen functional groups attached to an aromatic ring is 1. The van der Waals surface area contributed by atoms with Gasteiger partial charge in [0.15, 0.2) is 0 Å². The summed E-state index contributed by atoms with van der Waals surface area (Å²) < 4.78 is 1.95. The Morgan fingerprint density at radius 3 is 3.00 bits per heavy atom. The highest BCUT2D eigenvalue weighted by atomic mass is 15.1. The van der Waals surface area contributed by atoms with Crippen LogP contribution in [0.25, 0.3) is 22.8 Å². The molecule has 5 heteroatoms. The summed E-state index contributed by atoms with van der Waals surface area (Å²) in [7, 11) is 0. The highest BCUT2D eigenvalue weighted by Crippen LogP contribution is 2.22. The maximum Gasteiger partial charge on any atom is 0.150 e. The van der Waals surface area contributed by atoms with Crippen molar-refractivity contribution in [3.63, 3.8) is 0 Å². The Bertz CT molecular complexity index is 883. The molecule has 0 saturated carbocycles. The minimum Gasteiger partial charge on any atom is -0.383 e. The van der Waals surface area contributed by atoms with E-state index in [2.05, 4.69) is 16.0 Å². The SMILES string of the molecule is C/C(C#N)=C/c1cccc(-n2ccc3c(N)ncnc32)c1. The normalized spacial score (nSPS) is 11.5. The maximum absolute atomic E-state index is 8.87. The molecule has 0 amide bonds. The first-order valence-corrected chi connectivity index (χ1v) is 6.45. The minimum absolute atomic E-state index is 0.468. The van der Waals surface area contributed by atoms with Crippen LogP contribution >= 0.6 is 0 Å². The predicted octanol–water partition coefficient (Wildman–Crippen LogP) is 2.93. The van der Waals surface area contributed by atoms with E-state index < -0.39 is 0 Å². The van der Waals surface area contributed by atoms with Crippen molar-refractivity contribution in [1.29, 1.82) is 5.26 Å². The Balaban J connectivity index is 2.14. The lowest BCUT2D eigenvalue weighted by Crippen LogP contribution is -1.97. The molecule has 1 aromatic carbocycles. The molecule has 3 aromatic rings. The van der Waals surface area contributed by atoms with E-state index in [0.717, 1.165) is 22.3 Å². The van der Waals surface area contributed by atoms with E-state index in [4.69, 9.17) is 11.0 Å². The van der Waals surface area contributed by atoms with Crippen LogP contribution in [0.15, 0.2) is 48.4 Å². The molecule has 102 valence electrons.